The molecule has 2 heteroatoms. The van der Waals surface area contributed by atoms with Crippen LogP contribution in [-0.2, 0) is 0 Å². The van der Waals surface area contributed by atoms with Crippen molar-refractivity contribution in [2.24, 2.45) is 0 Å². The van der Waals surface area contributed by atoms with E-state index in [9.17, 15) is 0 Å². The molecule has 0 saturated heterocycles. The Morgan fingerprint density at radius 1 is 0.304 bits per heavy atom. The fourth-order valence-corrected chi connectivity index (χ4v) is 7.77. The monoisotopic (exact) mass is 584 g/mol. The Bertz CT molecular complexity index is 2780. The first-order valence-electron chi connectivity index (χ1n) is 15.9. The second-order valence-electron chi connectivity index (χ2n) is 12.1. The van der Waals surface area contributed by atoms with Crippen LogP contribution in [0.2, 0.25) is 0 Å². The number of aromatic nitrogens is 2. The highest BCUT2D eigenvalue weighted by Gasteiger charge is 2.25. The van der Waals surface area contributed by atoms with E-state index in [0.29, 0.717) is 0 Å². The molecule has 2 aromatic heterocycles. The molecule has 0 N–H and O–H groups in total. The zero-order valence-electron chi connectivity index (χ0n) is 25.1. The predicted molar refractivity (Wildman–Crippen MR) is 196 cm³/mol. The lowest BCUT2D eigenvalue weighted by Crippen LogP contribution is -1.96. The summed E-state index contributed by atoms with van der Waals surface area (Å²) < 4.78 is 4.99. The molecule has 0 aliphatic carbocycles. The van der Waals surface area contributed by atoms with Crippen molar-refractivity contribution in [1.29, 1.82) is 0 Å². The van der Waals surface area contributed by atoms with Crippen LogP contribution in [0.15, 0.2) is 170 Å². The molecule has 0 bridgehead atoms. The summed E-state index contributed by atoms with van der Waals surface area (Å²) in [5.41, 5.74) is 9.65. The molecule has 0 amide bonds. The van der Waals surface area contributed by atoms with Crippen LogP contribution in [0, 0.1) is 0 Å². The van der Waals surface area contributed by atoms with Gasteiger partial charge in [0.1, 0.15) is 0 Å². The van der Waals surface area contributed by atoms with Gasteiger partial charge in [-0.05, 0) is 63.7 Å². The largest absolute Gasteiger partial charge is 0.309 e. The average Bonchev–Trinajstić information content (AvgIpc) is 3.67. The topological polar surface area (TPSA) is 9.86 Å². The van der Waals surface area contributed by atoms with E-state index in [-0.39, 0.29) is 0 Å². The summed E-state index contributed by atoms with van der Waals surface area (Å²) in [5, 5.41) is 10.2. The van der Waals surface area contributed by atoms with E-state index >= 15 is 0 Å². The van der Waals surface area contributed by atoms with Gasteiger partial charge in [-0.2, -0.15) is 0 Å². The van der Waals surface area contributed by atoms with E-state index in [1.54, 1.807) is 0 Å². The predicted octanol–water partition coefficient (Wildman–Crippen LogP) is 11.9. The molecule has 0 aliphatic rings. The third kappa shape index (κ3) is 3.47. The van der Waals surface area contributed by atoms with Crippen molar-refractivity contribution >= 4 is 65.2 Å². The van der Waals surface area contributed by atoms with Gasteiger partial charge >= 0.3 is 0 Å². The zero-order valence-corrected chi connectivity index (χ0v) is 25.1. The summed E-state index contributed by atoms with van der Waals surface area (Å²) in [5.74, 6) is 0. The van der Waals surface area contributed by atoms with E-state index < -0.39 is 0 Å². The Morgan fingerprint density at radius 3 is 1.74 bits per heavy atom. The van der Waals surface area contributed by atoms with Crippen LogP contribution in [-0.4, -0.2) is 9.13 Å². The number of rotatable bonds is 3. The summed E-state index contributed by atoms with van der Waals surface area (Å²) in [6.07, 6.45) is 0. The molecule has 214 valence electrons. The van der Waals surface area contributed by atoms with Crippen molar-refractivity contribution in [1.82, 2.24) is 9.13 Å². The minimum absolute atomic E-state index is 1.16. The number of fused-ring (bicyclic) bond motifs is 12. The molecule has 2 nitrogen and oxygen atoms in total. The molecule has 0 unspecified atom stereocenters. The lowest BCUT2D eigenvalue weighted by Gasteiger charge is -2.13. The van der Waals surface area contributed by atoms with Crippen LogP contribution in [0.25, 0.3) is 87.7 Å². The second kappa shape index (κ2) is 9.69. The zero-order chi connectivity index (χ0) is 30.2. The second-order valence-corrected chi connectivity index (χ2v) is 12.1. The fraction of sp³-hybridized carbons (Fsp3) is 0. The van der Waals surface area contributed by atoms with Gasteiger partial charge in [0.15, 0.2) is 0 Å². The first-order valence-corrected chi connectivity index (χ1v) is 15.9. The van der Waals surface area contributed by atoms with Crippen molar-refractivity contribution in [3.05, 3.63) is 170 Å². The van der Waals surface area contributed by atoms with Crippen molar-refractivity contribution in [2.45, 2.75) is 0 Å². The van der Waals surface area contributed by atoms with E-state index in [0.717, 1.165) is 11.4 Å². The molecule has 0 radical (unpaired) electrons. The molecule has 10 rings (SSSR count). The number of hydrogen-bond acceptors (Lipinski definition) is 0. The molecule has 0 spiro atoms. The van der Waals surface area contributed by atoms with Gasteiger partial charge in [-0.3, -0.25) is 0 Å². The summed E-state index contributed by atoms with van der Waals surface area (Å²) in [6.45, 7) is 0. The summed E-state index contributed by atoms with van der Waals surface area (Å²) in [4.78, 5) is 0. The molecule has 0 atom stereocenters. The van der Waals surface area contributed by atoms with E-state index in [4.69, 9.17) is 0 Å². The minimum atomic E-state index is 1.16. The van der Waals surface area contributed by atoms with Gasteiger partial charge in [0.2, 0.25) is 0 Å². The van der Waals surface area contributed by atoms with Crippen molar-refractivity contribution < 1.29 is 0 Å². The Hall–Kier alpha value is -6.12. The van der Waals surface area contributed by atoms with Crippen molar-refractivity contribution in [2.75, 3.05) is 0 Å². The maximum atomic E-state index is 2.53. The average molecular weight is 585 g/mol. The van der Waals surface area contributed by atoms with Crippen LogP contribution in [0.5, 0.6) is 0 Å². The number of para-hydroxylation sites is 2. The van der Waals surface area contributed by atoms with E-state index in [1.165, 1.54) is 76.3 Å². The highest BCUT2D eigenvalue weighted by atomic mass is 15.0. The van der Waals surface area contributed by atoms with Gasteiger partial charge in [0, 0.05) is 38.3 Å². The normalized spacial score (nSPS) is 11.9. The van der Waals surface area contributed by atoms with Crippen molar-refractivity contribution in [3.8, 4) is 22.5 Å². The quantitative estimate of drug-likeness (QED) is 0.195. The van der Waals surface area contributed by atoms with Crippen LogP contribution in [0.3, 0.4) is 0 Å². The smallest absolute Gasteiger partial charge is 0.0648 e. The number of benzene rings is 8. The summed E-state index contributed by atoms with van der Waals surface area (Å²) in [6, 6.07) is 61.8. The minimum Gasteiger partial charge on any atom is -0.309 e. The molecular weight excluding hydrogens is 556 g/mol. The van der Waals surface area contributed by atoms with Crippen LogP contribution in [0.4, 0.5) is 0 Å². The maximum Gasteiger partial charge on any atom is 0.0648 e. The van der Waals surface area contributed by atoms with Crippen LogP contribution < -0.4 is 0 Å². The first kappa shape index (κ1) is 25.2. The highest BCUT2D eigenvalue weighted by molar-refractivity contribution is 6.39. The molecule has 10 aromatic rings. The lowest BCUT2D eigenvalue weighted by molar-refractivity contribution is 1.18. The summed E-state index contributed by atoms with van der Waals surface area (Å²) in [7, 11) is 0. The Morgan fingerprint density at radius 2 is 0.913 bits per heavy atom. The van der Waals surface area contributed by atoms with Crippen molar-refractivity contribution in [3.63, 3.8) is 0 Å². The van der Waals surface area contributed by atoms with Gasteiger partial charge in [-0.15, -0.1) is 0 Å². The first-order chi connectivity index (χ1) is 22.9. The van der Waals surface area contributed by atoms with Crippen LogP contribution >= 0.6 is 0 Å². The Labute approximate surface area is 266 Å². The van der Waals surface area contributed by atoms with Gasteiger partial charge in [0.25, 0.3) is 0 Å². The molecule has 0 aliphatic heterocycles. The van der Waals surface area contributed by atoms with Gasteiger partial charge in [-0.25, -0.2) is 0 Å². The van der Waals surface area contributed by atoms with Gasteiger partial charge in [-0.1, -0.05) is 133 Å². The number of hydrogen-bond donors (Lipinski definition) is 0. The highest BCUT2D eigenvalue weighted by Crippen LogP contribution is 2.48. The summed E-state index contributed by atoms with van der Waals surface area (Å²) >= 11 is 0. The van der Waals surface area contributed by atoms with Crippen LogP contribution in [0.1, 0.15) is 0 Å². The number of nitrogens with zero attached hydrogens (tertiary/aromatic N) is 2. The molecule has 46 heavy (non-hydrogen) atoms. The molecule has 0 saturated carbocycles. The Kier molecular flexibility index (Phi) is 5.31. The SMILES string of the molecule is c1ccc(-c2cccc(-n3c4ccc5ccccc5c4c4c5ccccc5c5c(c6ccccc6n5-c5ccccc5)c43)c2)cc1. The van der Waals surface area contributed by atoms with E-state index in [1.807, 2.05) is 0 Å². The third-order valence-corrected chi connectivity index (χ3v) is 9.65. The molecule has 2 heterocycles. The maximum absolute atomic E-state index is 2.53. The molecular formula is C44H28N2. The lowest BCUT2D eigenvalue weighted by atomic mass is 9.97. The fourth-order valence-electron chi connectivity index (χ4n) is 7.77. The standard InChI is InChI=1S/C44H28N2/c1-3-14-29(15-4-1)31-17-13-20-33(28-31)46-39-27-26-30-16-7-8-21-34(30)40(39)41-35-22-9-10-23-36(35)43-42(44(41)46)37-24-11-12-25-38(37)45(43)32-18-5-2-6-19-32/h1-28H. The van der Waals surface area contributed by atoms with Gasteiger partial charge < -0.3 is 9.13 Å². The molecule has 8 aromatic carbocycles. The Balaban J connectivity index is 1.51. The van der Waals surface area contributed by atoms with E-state index in [2.05, 4.69) is 179 Å². The third-order valence-electron chi connectivity index (χ3n) is 9.65. The molecule has 0 fully saturated rings. The van der Waals surface area contributed by atoms with Gasteiger partial charge in [0.05, 0.1) is 22.1 Å².